The zero-order chi connectivity index (χ0) is 20.2. The zero-order valence-corrected chi connectivity index (χ0v) is 16.7. The number of hydrogen-bond acceptors (Lipinski definition) is 3. The SMILES string of the molecule is Cc1ccc2nc(CN3CCC(C(=O)NCCc4ccc(F)cc4)CC3)[nH]c2c1. The lowest BCUT2D eigenvalue weighted by atomic mass is 9.96. The molecule has 0 spiro atoms. The number of benzene rings is 2. The smallest absolute Gasteiger partial charge is 0.223 e. The number of carbonyl (C=O) groups is 1. The molecule has 2 N–H and O–H groups in total. The topological polar surface area (TPSA) is 61.0 Å². The van der Waals surface area contributed by atoms with Gasteiger partial charge in [0.15, 0.2) is 0 Å². The first kappa shape index (κ1) is 19.6. The number of rotatable bonds is 6. The van der Waals surface area contributed by atoms with Crippen LogP contribution in [0, 0.1) is 18.7 Å². The van der Waals surface area contributed by atoms with Crippen molar-refractivity contribution in [3.05, 3.63) is 65.2 Å². The van der Waals surface area contributed by atoms with Crippen LogP contribution in [-0.2, 0) is 17.8 Å². The Kier molecular flexibility index (Phi) is 5.90. The van der Waals surface area contributed by atoms with Crippen molar-refractivity contribution >= 4 is 16.9 Å². The maximum Gasteiger partial charge on any atom is 0.223 e. The van der Waals surface area contributed by atoms with Crippen LogP contribution in [-0.4, -0.2) is 40.4 Å². The van der Waals surface area contributed by atoms with Crippen molar-refractivity contribution in [2.45, 2.75) is 32.7 Å². The van der Waals surface area contributed by atoms with Crippen molar-refractivity contribution in [2.24, 2.45) is 5.92 Å². The summed E-state index contributed by atoms with van der Waals surface area (Å²) >= 11 is 0. The quantitative estimate of drug-likeness (QED) is 0.672. The first-order valence-electron chi connectivity index (χ1n) is 10.3. The number of imidazole rings is 1. The average molecular weight is 394 g/mol. The summed E-state index contributed by atoms with van der Waals surface area (Å²) < 4.78 is 12.9. The molecule has 1 fully saturated rings. The standard InChI is InChI=1S/C23H27FN4O/c1-16-2-7-20-21(14-16)27-22(26-20)15-28-12-9-18(10-13-28)23(29)25-11-8-17-3-5-19(24)6-4-17/h2-7,14,18H,8-13,15H2,1H3,(H,25,29)(H,26,27). The lowest BCUT2D eigenvalue weighted by molar-refractivity contribution is -0.126. The number of fused-ring (bicyclic) bond motifs is 1. The molecule has 0 radical (unpaired) electrons. The van der Waals surface area contributed by atoms with E-state index < -0.39 is 0 Å². The van der Waals surface area contributed by atoms with Crippen LogP contribution in [0.5, 0.6) is 0 Å². The number of H-pyrrole nitrogens is 1. The third-order valence-corrected chi connectivity index (χ3v) is 5.64. The molecular formula is C23H27FN4O. The van der Waals surface area contributed by atoms with Gasteiger partial charge in [-0.3, -0.25) is 9.69 Å². The molecule has 152 valence electrons. The minimum Gasteiger partial charge on any atom is -0.356 e. The highest BCUT2D eigenvalue weighted by Gasteiger charge is 2.25. The van der Waals surface area contributed by atoms with Gasteiger partial charge in [-0.15, -0.1) is 0 Å². The van der Waals surface area contributed by atoms with E-state index in [-0.39, 0.29) is 17.6 Å². The maximum atomic E-state index is 12.9. The van der Waals surface area contributed by atoms with Gasteiger partial charge in [-0.1, -0.05) is 18.2 Å². The maximum absolute atomic E-state index is 12.9. The molecule has 0 saturated carbocycles. The molecule has 1 aliphatic heterocycles. The summed E-state index contributed by atoms with van der Waals surface area (Å²) in [5.74, 6) is 0.943. The molecular weight excluding hydrogens is 367 g/mol. The third-order valence-electron chi connectivity index (χ3n) is 5.64. The number of aromatic nitrogens is 2. The monoisotopic (exact) mass is 394 g/mol. The number of hydrogen-bond donors (Lipinski definition) is 2. The van der Waals surface area contributed by atoms with Gasteiger partial charge >= 0.3 is 0 Å². The van der Waals surface area contributed by atoms with E-state index in [1.165, 1.54) is 17.7 Å². The van der Waals surface area contributed by atoms with Crippen LogP contribution in [0.25, 0.3) is 11.0 Å². The molecule has 0 atom stereocenters. The van der Waals surface area contributed by atoms with Crippen molar-refractivity contribution in [3.63, 3.8) is 0 Å². The van der Waals surface area contributed by atoms with Crippen LogP contribution < -0.4 is 5.32 Å². The van der Waals surface area contributed by atoms with Crippen LogP contribution in [0.1, 0.15) is 29.8 Å². The summed E-state index contributed by atoms with van der Waals surface area (Å²) in [4.78, 5) is 22.9. The van der Waals surface area contributed by atoms with Crippen molar-refractivity contribution in [3.8, 4) is 0 Å². The molecule has 1 aromatic heterocycles. The fraction of sp³-hybridized carbons (Fsp3) is 0.391. The second-order valence-electron chi connectivity index (χ2n) is 7.92. The van der Waals surface area contributed by atoms with Crippen molar-refractivity contribution < 1.29 is 9.18 Å². The Morgan fingerprint density at radius 2 is 1.97 bits per heavy atom. The third kappa shape index (κ3) is 5.01. The molecule has 6 heteroatoms. The predicted molar refractivity (Wildman–Crippen MR) is 112 cm³/mol. The highest BCUT2D eigenvalue weighted by molar-refractivity contribution is 5.78. The number of likely N-dealkylation sites (tertiary alicyclic amines) is 1. The van der Waals surface area contributed by atoms with Crippen molar-refractivity contribution in [1.82, 2.24) is 20.2 Å². The molecule has 5 nitrogen and oxygen atoms in total. The molecule has 1 aliphatic rings. The summed E-state index contributed by atoms with van der Waals surface area (Å²) in [5.41, 5.74) is 4.33. The Morgan fingerprint density at radius 3 is 2.72 bits per heavy atom. The van der Waals surface area contributed by atoms with Gasteiger partial charge < -0.3 is 10.3 Å². The molecule has 2 heterocycles. The van der Waals surface area contributed by atoms with Gasteiger partial charge in [0.25, 0.3) is 0 Å². The minimum absolute atomic E-state index is 0.0674. The minimum atomic E-state index is -0.234. The van der Waals surface area contributed by atoms with Crippen molar-refractivity contribution in [1.29, 1.82) is 0 Å². The lowest BCUT2D eigenvalue weighted by Gasteiger charge is -2.30. The first-order chi connectivity index (χ1) is 14.1. The molecule has 0 unspecified atom stereocenters. The van der Waals surface area contributed by atoms with Crippen LogP contribution in [0.3, 0.4) is 0 Å². The number of aryl methyl sites for hydroxylation is 1. The van der Waals surface area contributed by atoms with Gasteiger partial charge in [-0.05, 0) is 74.7 Å². The number of nitrogens with one attached hydrogen (secondary N) is 2. The molecule has 29 heavy (non-hydrogen) atoms. The Hall–Kier alpha value is -2.73. The highest BCUT2D eigenvalue weighted by atomic mass is 19.1. The summed E-state index contributed by atoms with van der Waals surface area (Å²) in [6, 6.07) is 12.7. The normalized spacial score (nSPS) is 15.7. The second kappa shape index (κ2) is 8.74. The number of aromatic amines is 1. The largest absolute Gasteiger partial charge is 0.356 e. The Morgan fingerprint density at radius 1 is 1.21 bits per heavy atom. The van der Waals surface area contributed by atoms with Gasteiger partial charge in [-0.2, -0.15) is 0 Å². The van der Waals surface area contributed by atoms with E-state index in [1.807, 2.05) is 6.07 Å². The number of nitrogens with zero attached hydrogens (tertiary/aromatic N) is 2. The zero-order valence-electron chi connectivity index (χ0n) is 16.7. The van der Waals surface area contributed by atoms with E-state index in [9.17, 15) is 9.18 Å². The molecule has 1 saturated heterocycles. The van der Waals surface area contributed by atoms with Crippen LogP contribution in [0.15, 0.2) is 42.5 Å². The molecule has 0 bridgehead atoms. The number of carbonyl (C=O) groups excluding carboxylic acids is 1. The van der Waals surface area contributed by atoms with E-state index >= 15 is 0 Å². The highest BCUT2D eigenvalue weighted by Crippen LogP contribution is 2.20. The second-order valence-corrected chi connectivity index (χ2v) is 7.92. The fourth-order valence-corrected chi connectivity index (χ4v) is 3.94. The van der Waals surface area contributed by atoms with E-state index in [2.05, 4.69) is 39.2 Å². The van der Waals surface area contributed by atoms with E-state index in [0.29, 0.717) is 6.54 Å². The summed E-state index contributed by atoms with van der Waals surface area (Å²) in [5, 5.41) is 3.03. The molecule has 3 aromatic rings. The van der Waals surface area contributed by atoms with Gasteiger partial charge in [0.05, 0.1) is 17.6 Å². The first-order valence-corrected chi connectivity index (χ1v) is 10.3. The van der Waals surface area contributed by atoms with Crippen molar-refractivity contribution in [2.75, 3.05) is 19.6 Å². The summed E-state index contributed by atoms with van der Waals surface area (Å²) in [6.45, 7) is 5.24. The van der Waals surface area contributed by atoms with Crippen LogP contribution in [0.2, 0.25) is 0 Å². The van der Waals surface area contributed by atoms with E-state index in [1.54, 1.807) is 12.1 Å². The van der Waals surface area contributed by atoms with E-state index in [4.69, 9.17) is 0 Å². The van der Waals surface area contributed by atoms with E-state index in [0.717, 1.165) is 61.3 Å². The van der Waals surface area contributed by atoms with Gasteiger partial charge in [0.1, 0.15) is 11.6 Å². The van der Waals surface area contributed by atoms with Gasteiger partial charge in [0, 0.05) is 12.5 Å². The predicted octanol–water partition coefficient (Wildman–Crippen LogP) is 3.58. The van der Waals surface area contributed by atoms with Crippen LogP contribution in [0.4, 0.5) is 4.39 Å². The number of piperidine rings is 1. The number of halogens is 1. The number of amides is 1. The van der Waals surface area contributed by atoms with Gasteiger partial charge in [-0.25, -0.2) is 9.37 Å². The Balaban J connectivity index is 1.22. The molecule has 0 aliphatic carbocycles. The molecule has 1 amide bonds. The fourth-order valence-electron chi connectivity index (χ4n) is 3.94. The van der Waals surface area contributed by atoms with Crippen LogP contribution >= 0.6 is 0 Å². The Bertz CT molecular complexity index is 974. The molecule has 4 rings (SSSR count). The summed E-state index contributed by atoms with van der Waals surface area (Å²) in [6.07, 6.45) is 2.44. The Labute approximate surface area is 170 Å². The average Bonchev–Trinajstić information content (AvgIpc) is 3.11. The molecule has 2 aromatic carbocycles. The van der Waals surface area contributed by atoms with Gasteiger partial charge in [0.2, 0.25) is 5.91 Å². The summed E-state index contributed by atoms with van der Waals surface area (Å²) in [7, 11) is 0. The lowest BCUT2D eigenvalue weighted by Crippen LogP contribution is -2.40.